The van der Waals surface area contributed by atoms with Crippen LogP contribution < -0.4 is 5.32 Å². The van der Waals surface area contributed by atoms with Gasteiger partial charge in [-0.3, -0.25) is 0 Å². The SMILES string of the molecule is CNC(C)c1c(F)cccc1Sc1nc(C)c(C)c(C)n1. The van der Waals surface area contributed by atoms with Gasteiger partial charge in [0.25, 0.3) is 0 Å². The molecule has 1 aromatic heterocycles. The molecule has 5 heteroatoms. The lowest BCUT2D eigenvalue weighted by molar-refractivity contribution is 0.552. The van der Waals surface area contributed by atoms with E-state index in [9.17, 15) is 4.39 Å². The van der Waals surface area contributed by atoms with Crippen molar-refractivity contribution in [1.29, 1.82) is 0 Å². The van der Waals surface area contributed by atoms with Crippen LogP contribution in [0.3, 0.4) is 0 Å². The molecule has 21 heavy (non-hydrogen) atoms. The summed E-state index contributed by atoms with van der Waals surface area (Å²) < 4.78 is 14.1. The van der Waals surface area contributed by atoms with E-state index in [0.29, 0.717) is 10.7 Å². The topological polar surface area (TPSA) is 37.8 Å². The van der Waals surface area contributed by atoms with Crippen molar-refractivity contribution in [1.82, 2.24) is 15.3 Å². The highest BCUT2D eigenvalue weighted by atomic mass is 32.2. The molecule has 2 rings (SSSR count). The van der Waals surface area contributed by atoms with E-state index in [2.05, 4.69) is 15.3 Å². The molecule has 2 aromatic rings. The number of hydrogen-bond acceptors (Lipinski definition) is 4. The summed E-state index contributed by atoms with van der Waals surface area (Å²) >= 11 is 1.41. The largest absolute Gasteiger partial charge is 0.313 e. The summed E-state index contributed by atoms with van der Waals surface area (Å²) in [5.41, 5.74) is 3.68. The van der Waals surface area contributed by atoms with Gasteiger partial charge in [-0.2, -0.15) is 0 Å². The number of nitrogens with zero attached hydrogens (tertiary/aromatic N) is 2. The summed E-state index contributed by atoms with van der Waals surface area (Å²) in [5.74, 6) is -0.206. The summed E-state index contributed by atoms with van der Waals surface area (Å²) in [5, 5.41) is 3.74. The van der Waals surface area contributed by atoms with E-state index in [1.54, 1.807) is 6.07 Å². The second kappa shape index (κ2) is 6.54. The average molecular weight is 305 g/mol. The normalized spacial score (nSPS) is 12.5. The van der Waals surface area contributed by atoms with Gasteiger partial charge in [-0.15, -0.1) is 0 Å². The monoisotopic (exact) mass is 305 g/mol. The van der Waals surface area contributed by atoms with Crippen molar-refractivity contribution >= 4 is 11.8 Å². The number of benzene rings is 1. The van der Waals surface area contributed by atoms with Gasteiger partial charge in [-0.1, -0.05) is 6.07 Å². The average Bonchev–Trinajstić information content (AvgIpc) is 2.44. The Morgan fingerprint density at radius 2 is 1.76 bits per heavy atom. The van der Waals surface area contributed by atoms with Gasteiger partial charge in [0.1, 0.15) is 5.82 Å². The lowest BCUT2D eigenvalue weighted by atomic mass is 10.1. The molecule has 0 aliphatic heterocycles. The van der Waals surface area contributed by atoms with E-state index in [0.717, 1.165) is 21.8 Å². The number of hydrogen-bond donors (Lipinski definition) is 1. The third-order valence-corrected chi connectivity index (χ3v) is 4.63. The highest BCUT2D eigenvalue weighted by Gasteiger charge is 2.16. The second-order valence-corrected chi connectivity index (χ2v) is 6.08. The zero-order valence-corrected chi connectivity index (χ0v) is 13.8. The zero-order chi connectivity index (χ0) is 15.6. The maximum absolute atomic E-state index is 14.1. The van der Waals surface area contributed by atoms with Crippen molar-refractivity contribution < 1.29 is 4.39 Å². The minimum absolute atomic E-state index is 0.0682. The molecule has 0 saturated carbocycles. The molecule has 0 radical (unpaired) electrons. The number of halogens is 1. The van der Waals surface area contributed by atoms with E-state index in [-0.39, 0.29) is 11.9 Å². The third-order valence-electron chi connectivity index (χ3n) is 3.69. The number of rotatable bonds is 4. The molecule has 112 valence electrons. The van der Waals surface area contributed by atoms with Crippen LogP contribution in [0.5, 0.6) is 0 Å². The zero-order valence-electron chi connectivity index (χ0n) is 13.0. The summed E-state index contributed by atoms with van der Waals surface area (Å²) in [6.07, 6.45) is 0. The Bertz CT molecular complexity index is 635. The Morgan fingerprint density at radius 3 is 2.33 bits per heavy atom. The highest BCUT2D eigenvalue weighted by Crippen LogP contribution is 2.33. The van der Waals surface area contributed by atoms with Crippen molar-refractivity contribution in [2.24, 2.45) is 0 Å². The summed E-state index contributed by atoms with van der Waals surface area (Å²) in [6, 6.07) is 5.04. The minimum atomic E-state index is -0.206. The Labute approximate surface area is 129 Å². The first-order valence-electron chi connectivity index (χ1n) is 6.89. The molecule has 0 amide bonds. The Balaban J connectivity index is 2.42. The molecule has 0 spiro atoms. The summed E-state index contributed by atoms with van der Waals surface area (Å²) in [4.78, 5) is 9.83. The predicted octanol–water partition coefficient (Wildman–Crippen LogP) is 3.97. The fourth-order valence-electron chi connectivity index (χ4n) is 2.06. The molecule has 1 unspecified atom stereocenters. The van der Waals surface area contributed by atoms with E-state index in [4.69, 9.17) is 0 Å². The van der Waals surface area contributed by atoms with E-state index >= 15 is 0 Å². The van der Waals surface area contributed by atoms with Gasteiger partial charge in [0.2, 0.25) is 0 Å². The van der Waals surface area contributed by atoms with E-state index in [1.165, 1.54) is 17.8 Å². The fourth-order valence-corrected chi connectivity index (χ4v) is 3.15. The molecule has 0 aliphatic carbocycles. The maximum Gasteiger partial charge on any atom is 0.192 e. The fraction of sp³-hybridized carbons (Fsp3) is 0.375. The first-order chi connectivity index (χ1) is 9.93. The van der Waals surface area contributed by atoms with Crippen molar-refractivity contribution in [2.45, 2.75) is 43.8 Å². The molecule has 3 nitrogen and oxygen atoms in total. The first kappa shape index (κ1) is 15.9. The van der Waals surface area contributed by atoms with Crippen LogP contribution in [-0.2, 0) is 0 Å². The van der Waals surface area contributed by atoms with Gasteiger partial charge >= 0.3 is 0 Å². The standard InChI is InChI=1S/C16H20FN3S/c1-9-10(2)19-16(20-11(9)3)21-14-8-6-7-13(17)15(14)12(4)18-5/h6-8,12,18H,1-5H3. The quantitative estimate of drug-likeness (QED) is 0.867. The molecule has 1 aromatic carbocycles. The van der Waals surface area contributed by atoms with E-state index in [1.807, 2.05) is 40.8 Å². The lowest BCUT2D eigenvalue weighted by Crippen LogP contribution is -2.15. The van der Waals surface area contributed by atoms with Gasteiger partial charge in [-0.05, 0) is 64.2 Å². The molecule has 1 atom stereocenters. The lowest BCUT2D eigenvalue weighted by Gasteiger charge is -2.16. The summed E-state index contributed by atoms with van der Waals surface area (Å²) in [6.45, 7) is 7.89. The number of aryl methyl sites for hydroxylation is 2. The Hall–Kier alpha value is -1.46. The van der Waals surface area contributed by atoms with Crippen molar-refractivity contribution in [2.75, 3.05) is 7.05 Å². The van der Waals surface area contributed by atoms with Crippen LogP contribution in [0, 0.1) is 26.6 Å². The second-order valence-electron chi connectivity index (χ2n) is 5.07. The minimum Gasteiger partial charge on any atom is -0.313 e. The van der Waals surface area contributed by atoms with Crippen LogP contribution in [0.4, 0.5) is 4.39 Å². The molecule has 0 saturated heterocycles. The van der Waals surface area contributed by atoms with Crippen LogP contribution in [0.15, 0.2) is 28.3 Å². The van der Waals surface area contributed by atoms with Crippen molar-refractivity contribution in [3.63, 3.8) is 0 Å². The number of nitrogens with one attached hydrogen (secondary N) is 1. The van der Waals surface area contributed by atoms with Crippen LogP contribution in [0.25, 0.3) is 0 Å². The molecular formula is C16H20FN3S. The molecular weight excluding hydrogens is 285 g/mol. The molecule has 1 N–H and O–H groups in total. The van der Waals surface area contributed by atoms with E-state index < -0.39 is 0 Å². The highest BCUT2D eigenvalue weighted by molar-refractivity contribution is 7.99. The Kier molecular flexibility index (Phi) is 4.96. The van der Waals surface area contributed by atoms with Gasteiger partial charge in [-0.25, -0.2) is 14.4 Å². The first-order valence-corrected chi connectivity index (χ1v) is 7.71. The van der Waals surface area contributed by atoms with Gasteiger partial charge in [0, 0.05) is 27.9 Å². The predicted molar refractivity (Wildman–Crippen MR) is 84.2 cm³/mol. The van der Waals surface area contributed by atoms with Crippen LogP contribution >= 0.6 is 11.8 Å². The Morgan fingerprint density at radius 1 is 1.14 bits per heavy atom. The molecule has 0 aliphatic rings. The smallest absolute Gasteiger partial charge is 0.192 e. The van der Waals surface area contributed by atoms with Gasteiger partial charge in [0.05, 0.1) is 0 Å². The van der Waals surface area contributed by atoms with Gasteiger partial charge < -0.3 is 5.32 Å². The van der Waals surface area contributed by atoms with Crippen molar-refractivity contribution in [3.05, 3.63) is 46.5 Å². The molecule has 0 bridgehead atoms. The summed E-state index contributed by atoms with van der Waals surface area (Å²) in [7, 11) is 1.82. The van der Waals surface area contributed by atoms with Gasteiger partial charge in [0.15, 0.2) is 5.16 Å². The van der Waals surface area contributed by atoms with Crippen LogP contribution in [0.2, 0.25) is 0 Å². The van der Waals surface area contributed by atoms with Crippen LogP contribution in [0.1, 0.15) is 35.5 Å². The molecule has 1 heterocycles. The molecule has 0 fully saturated rings. The number of aromatic nitrogens is 2. The maximum atomic E-state index is 14.1. The third kappa shape index (κ3) is 3.41. The van der Waals surface area contributed by atoms with Crippen molar-refractivity contribution in [3.8, 4) is 0 Å². The van der Waals surface area contributed by atoms with Crippen LogP contribution in [-0.4, -0.2) is 17.0 Å².